The molecule has 3 heterocycles. The fraction of sp³-hybridized carbons (Fsp3) is 0.457. The summed E-state index contributed by atoms with van der Waals surface area (Å²) in [6.45, 7) is 12.7. The quantitative estimate of drug-likeness (QED) is 0.275. The molecule has 2 bridgehead atoms. The number of hydrogen-bond donors (Lipinski definition) is 1. The third kappa shape index (κ3) is 5.43. The number of fused-ring (bicyclic) bond motifs is 1. The number of para-hydroxylation sites is 1. The number of aliphatic hydroxyl groups excluding tert-OH is 1. The van der Waals surface area contributed by atoms with Gasteiger partial charge in [0, 0.05) is 37.6 Å². The van der Waals surface area contributed by atoms with Crippen LogP contribution in [0.5, 0.6) is 0 Å². The fourth-order valence-corrected chi connectivity index (χ4v) is 7.36. The van der Waals surface area contributed by atoms with Crippen LogP contribution in [0.25, 0.3) is 0 Å². The van der Waals surface area contributed by atoms with Crippen LogP contribution in [-0.2, 0) is 19.1 Å². The summed E-state index contributed by atoms with van der Waals surface area (Å²) in [5.41, 5.74) is 2.38. The van der Waals surface area contributed by atoms with E-state index in [4.69, 9.17) is 4.74 Å². The second kappa shape index (κ2) is 12.9. The standard InChI is InChI=1S/C35H43N3O5/c1-5-19-36(26-13-9-7-10-14-26)32(40)29-28-17-18-35(43-28)30(29)33(41)38(21-11-8-12-22-39)31(35)34(42)37(20-6-2)27-23-24(3)15-16-25(27)4/h5-7,9-10,13-16,23,28-31,39H,1-2,8,11-12,17-22H2,3-4H3/t28-,29+,30+,31?,35?/m1/s1. The molecule has 1 N–H and O–H groups in total. The first kappa shape index (κ1) is 30.7. The number of carbonyl (C=O) groups excluding carboxylic acids is 3. The van der Waals surface area contributed by atoms with E-state index in [-0.39, 0.29) is 30.9 Å². The summed E-state index contributed by atoms with van der Waals surface area (Å²) in [7, 11) is 0. The molecule has 2 aromatic rings. The number of anilines is 2. The summed E-state index contributed by atoms with van der Waals surface area (Å²) in [6, 6.07) is 14.5. The lowest BCUT2D eigenvalue weighted by Crippen LogP contribution is -2.56. The lowest BCUT2D eigenvalue weighted by Gasteiger charge is -2.37. The zero-order chi connectivity index (χ0) is 30.7. The average molecular weight is 586 g/mol. The van der Waals surface area contributed by atoms with Gasteiger partial charge in [-0.3, -0.25) is 14.4 Å². The molecule has 3 aliphatic rings. The summed E-state index contributed by atoms with van der Waals surface area (Å²) < 4.78 is 6.71. The zero-order valence-corrected chi connectivity index (χ0v) is 25.3. The van der Waals surface area contributed by atoms with Gasteiger partial charge in [-0.15, -0.1) is 13.2 Å². The molecule has 0 aromatic heterocycles. The minimum atomic E-state index is -1.09. The van der Waals surface area contributed by atoms with Gasteiger partial charge >= 0.3 is 0 Å². The molecule has 0 aliphatic carbocycles. The highest BCUT2D eigenvalue weighted by molar-refractivity contribution is 6.06. The Bertz CT molecular complexity index is 1380. The van der Waals surface area contributed by atoms with E-state index in [1.54, 1.807) is 26.9 Å². The number of amides is 3. The molecule has 5 rings (SSSR count). The van der Waals surface area contributed by atoms with E-state index in [1.807, 2.05) is 62.4 Å². The molecule has 1 spiro atoms. The third-order valence-electron chi connectivity index (χ3n) is 9.26. The molecule has 0 saturated carbocycles. The third-order valence-corrected chi connectivity index (χ3v) is 9.26. The Morgan fingerprint density at radius 2 is 1.74 bits per heavy atom. The summed E-state index contributed by atoms with van der Waals surface area (Å²) >= 11 is 0. The molecule has 2 unspecified atom stereocenters. The van der Waals surface area contributed by atoms with E-state index in [0.29, 0.717) is 38.8 Å². The van der Waals surface area contributed by atoms with Crippen LogP contribution in [0.4, 0.5) is 11.4 Å². The van der Waals surface area contributed by atoms with E-state index in [1.165, 1.54) is 0 Å². The van der Waals surface area contributed by atoms with Crippen LogP contribution >= 0.6 is 0 Å². The SMILES string of the molecule is C=CCN(C(=O)[C@@H]1[C@H]2C(=O)N(CCCCCO)C(C(=O)N(CC=C)c3cc(C)ccc3C)C23CC[C@H]1O3)c1ccccc1. The number of hydrogen-bond acceptors (Lipinski definition) is 5. The number of nitrogens with zero attached hydrogens (tertiary/aromatic N) is 3. The van der Waals surface area contributed by atoms with Gasteiger partial charge in [0.05, 0.1) is 17.9 Å². The molecule has 5 atom stereocenters. The molecule has 8 nitrogen and oxygen atoms in total. The molecule has 2 aromatic carbocycles. The Kier molecular flexibility index (Phi) is 9.18. The van der Waals surface area contributed by atoms with Gasteiger partial charge in [0.25, 0.3) is 5.91 Å². The molecule has 3 amide bonds. The number of rotatable bonds is 13. The van der Waals surface area contributed by atoms with Crippen LogP contribution in [0.15, 0.2) is 73.8 Å². The smallest absolute Gasteiger partial charge is 0.253 e. The van der Waals surface area contributed by atoms with Gasteiger partial charge in [0.1, 0.15) is 11.6 Å². The molecular weight excluding hydrogens is 542 g/mol. The molecule has 3 aliphatic heterocycles. The van der Waals surface area contributed by atoms with E-state index >= 15 is 0 Å². The van der Waals surface area contributed by atoms with Gasteiger partial charge in [-0.05, 0) is 75.3 Å². The van der Waals surface area contributed by atoms with Crippen molar-refractivity contribution in [3.05, 3.63) is 85.0 Å². The Hall–Kier alpha value is -3.75. The Morgan fingerprint density at radius 3 is 2.44 bits per heavy atom. The summed E-state index contributed by atoms with van der Waals surface area (Å²) in [6.07, 6.45) is 6.04. The van der Waals surface area contributed by atoms with Crippen LogP contribution in [0.3, 0.4) is 0 Å². The number of aliphatic hydroxyl groups is 1. The first-order chi connectivity index (χ1) is 20.8. The van der Waals surface area contributed by atoms with E-state index in [9.17, 15) is 19.5 Å². The molecule has 228 valence electrons. The van der Waals surface area contributed by atoms with Crippen molar-refractivity contribution in [1.29, 1.82) is 0 Å². The van der Waals surface area contributed by atoms with Crippen LogP contribution in [0.1, 0.15) is 43.2 Å². The average Bonchev–Trinajstić information content (AvgIpc) is 3.65. The Labute approximate surface area is 254 Å². The fourth-order valence-electron chi connectivity index (χ4n) is 7.36. The van der Waals surface area contributed by atoms with E-state index < -0.39 is 29.6 Å². The maximum atomic E-state index is 14.8. The van der Waals surface area contributed by atoms with E-state index in [2.05, 4.69) is 13.2 Å². The predicted octanol–water partition coefficient (Wildman–Crippen LogP) is 4.58. The van der Waals surface area contributed by atoms with Crippen molar-refractivity contribution in [2.45, 2.75) is 63.7 Å². The van der Waals surface area contributed by atoms with Gasteiger partial charge in [0.15, 0.2) is 0 Å². The first-order valence-corrected chi connectivity index (χ1v) is 15.3. The minimum Gasteiger partial charge on any atom is -0.396 e. The highest BCUT2D eigenvalue weighted by Gasteiger charge is 2.75. The largest absolute Gasteiger partial charge is 0.396 e. The highest BCUT2D eigenvalue weighted by atomic mass is 16.5. The first-order valence-electron chi connectivity index (χ1n) is 15.3. The monoisotopic (exact) mass is 585 g/mol. The zero-order valence-electron chi connectivity index (χ0n) is 25.3. The lowest BCUT2D eigenvalue weighted by molar-refractivity contribution is -0.140. The van der Waals surface area contributed by atoms with Crippen molar-refractivity contribution in [1.82, 2.24) is 4.90 Å². The summed E-state index contributed by atoms with van der Waals surface area (Å²) in [4.78, 5) is 48.6. The van der Waals surface area contributed by atoms with E-state index in [0.717, 1.165) is 28.9 Å². The maximum Gasteiger partial charge on any atom is 0.253 e. The number of ether oxygens (including phenoxy) is 1. The molecular formula is C35H43N3O5. The van der Waals surface area contributed by atoms with Crippen LogP contribution in [0, 0.1) is 25.7 Å². The predicted molar refractivity (Wildman–Crippen MR) is 168 cm³/mol. The second-order valence-corrected chi connectivity index (χ2v) is 12.0. The minimum absolute atomic E-state index is 0.0720. The summed E-state index contributed by atoms with van der Waals surface area (Å²) in [5.74, 6) is -2.05. The Morgan fingerprint density at radius 1 is 1.02 bits per heavy atom. The van der Waals surface area contributed by atoms with Crippen molar-refractivity contribution in [3.8, 4) is 0 Å². The normalized spacial score (nSPS) is 25.5. The van der Waals surface area contributed by atoms with Gasteiger partial charge in [0.2, 0.25) is 11.8 Å². The molecule has 43 heavy (non-hydrogen) atoms. The second-order valence-electron chi connectivity index (χ2n) is 12.0. The van der Waals surface area contributed by atoms with Crippen LogP contribution in [-0.4, -0.2) is 71.7 Å². The van der Waals surface area contributed by atoms with Crippen molar-refractivity contribution in [2.24, 2.45) is 11.8 Å². The maximum absolute atomic E-state index is 14.8. The highest BCUT2D eigenvalue weighted by Crippen LogP contribution is 2.59. The number of unbranched alkanes of at least 4 members (excludes halogenated alkanes) is 2. The molecule has 8 heteroatoms. The van der Waals surface area contributed by atoms with Crippen LogP contribution < -0.4 is 9.80 Å². The van der Waals surface area contributed by atoms with Crippen molar-refractivity contribution in [3.63, 3.8) is 0 Å². The lowest BCUT2D eigenvalue weighted by atomic mass is 9.70. The number of carbonyl (C=O) groups is 3. The van der Waals surface area contributed by atoms with Crippen molar-refractivity contribution >= 4 is 29.1 Å². The topological polar surface area (TPSA) is 90.4 Å². The van der Waals surface area contributed by atoms with Crippen molar-refractivity contribution in [2.75, 3.05) is 36.0 Å². The number of benzene rings is 2. The van der Waals surface area contributed by atoms with Crippen LogP contribution in [0.2, 0.25) is 0 Å². The molecule has 0 radical (unpaired) electrons. The Balaban J connectivity index is 1.55. The van der Waals surface area contributed by atoms with Gasteiger partial charge in [-0.2, -0.15) is 0 Å². The number of aryl methyl sites for hydroxylation is 2. The number of likely N-dealkylation sites (tertiary alicyclic amines) is 1. The van der Waals surface area contributed by atoms with Gasteiger partial charge in [-0.1, -0.05) is 42.5 Å². The van der Waals surface area contributed by atoms with Gasteiger partial charge < -0.3 is 24.5 Å². The molecule has 3 saturated heterocycles. The van der Waals surface area contributed by atoms with Gasteiger partial charge in [-0.25, -0.2) is 0 Å². The molecule has 3 fully saturated rings. The summed E-state index contributed by atoms with van der Waals surface area (Å²) in [5, 5.41) is 9.34. The van der Waals surface area contributed by atoms with Crippen molar-refractivity contribution < 1.29 is 24.2 Å².